The fourth-order valence-electron chi connectivity index (χ4n) is 3.73. The molecular weight excluding hydrogens is 383 g/mol. The number of amides is 1. The molecule has 30 heavy (non-hydrogen) atoms. The lowest BCUT2D eigenvalue weighted by atomic mass is 10.1. The Morgan fingerprint density at radius 1 is 1.13 bits per heavy atom. The minimum Gasteiger partial charge on any atom is -0.486 e. The van der Waals surface area contributed by atoms with E-state index >= 15 is 0 Å². The minimum atomic E-state index is -0.310. The second-order valence-corrected chi connectivity index (χ2v) is 7.28. The molecule has 1 fully saturated rings. The number of aromatic nitrogens is 3. The van der Waals surface area contributed by atoms with E-state index in [9.17, 15) is 9.18 Å². The number of nitrogens with zero attached hydrogens (tertiary/aromatic N) is 3. The lowest BCUT2D eigenvalue weighted by Gasteiger charge is -2.17. The second kappa shape index (κ2) is 7.59. The van der Waals surface area contributed by atoms with E-state index in [1.807, 2.05) is 30.3 Å². The van der Waals surface area contributed by atoms with E-state index in [1.165, 1.54) is 12.1 Å². The minimum absolute atomic E-state index is 0.0963. The van der Waals surface area contributed by atoms with Gasteiger partial charge in [-0.25, -0.2) is 4.39 Å². The summed E-state index contributed by atoms with van der Waals surface area (Å²) in [5.41, 5.74) is 2.58. The maximum Gasteiger partial charge on any atom is 0.272 e. The number of para-hydroxylation sites is 1. The van der Waals surface area contributed by atoms with Crippen LogP contribution in [0.1, 0.15) is 16.9 Å². The molecule has 3 heterocycles. The number of aromatic amines is 1. The molecule has 0 aliphatic carbocycles. The molecule has 1 unspecified atom stereocenters. The molecule has 7 heteroatoms. The Bertz CT molecular complexity index is 1200. The van der Waals surface area contributed by atoms with E-state index in [4.69, 9.17) is 4.74 Å². The fourth-order valence-corrected chi connectivity index (χ4v) is 3.73. The van der Waals surface area contributed by atoms with Crippen LogP contribution in [0, 0.1) is 5.82 Å². The standard InChI is InChI=1S/C23H19FN4O2/c24-17-8-6-15(7-9-17)19-13-20(27-26-19)23(29)28-12-10-18(14-28)30-21-5-1-3-16-4-2-11-25-22(16)21/h1-9,11,13,18H,10,12,14H2,(H,26,27). The number of likely N-dealkylation sites (tertiary alicyclic amines) is 1. The smallest absolute Gasteiger partial charge is 0.272 e. The zero-order valence-electron chi connectivity index (χ0n) is 16.1. The highest BCUT2D eigenvalue weighted by Gasteiger charge is 2.29. The van der Waals surface area contributed by atoms with Gasteiger partial charge in [0, 0.05) is 30.1 Å². The van der Waals surface area contributed by atoms with Gasteiger partial charge in [-0.05, 0) is 42.5 Å². The predicted octanol–water partition coefficient (Wildman–Crippen LogP) is 4.06. The molecule has 0 bridgehead atoms. The quantitative estimate of drug-likeness (QED) is 0.559. The maximum atomic E-state index is 13.1. The summed E-state index contributed by atoms with van der Waals surface area (Å²) in [7, 11) is 0. The number of halogens is 1. The number of nitrogens with one attached hydrogen (secondary N) is 1. The van der Waals surface area contributed by atoms with Crippen LogP contribution in [0.2, 0.25) is 0 Å². The Balaban J connectivity index is 1.28. The van der Waals surface area contributed by atoms with Crippen molar-refractivity contribution in [2.24, 2.45) is 0 Å². The third kappa shape index (κ3) is 3.50. The average Bonchev–Trinajstić information content (AvgIpc) is 3.44. The Morgan fingerprint density at radius 3 is 2.83 bits per heavy atom. The van der Waals surface area contributed by atoms with Gasteiger partial charge in [0.15, 0.2) is 0 Å². The zero-order chi connectivity index (χ0) is 20.5. The number of H-pyrrole nitrogens is 1. The first kappa shape index (κ1) is 18.3. The summed E-state index contributed by atoms with van der Waals surface area (Å²) in [6, 6.07) is 17.4. The Morgan fingerprint density at radius 2 is 1.97 bits per heavy atom. The van der Waals surface area contributed by atoms with Crippen LogP contribution in [0.25, 0.3) is 22.2 Å². The number of rotatable bonds is 4. The van der Waals surface area contributed by atoms with Gasteiger partial charge in [0.1, 0.15) is 28.9 Å². The summed E-state index contributed by atoms with van der Waals surface area (Å²) in [5.74, 6) is 0.292. The van der Waals surface area contributed by atoms with E-state index in [0.717, 1.165) is 28.6 Å². The predicted molar refractivity (Wildman–Crippen MR) is 111 cm³/mol. The second-order valence-electron chi connectivity index (χ2n) is 7.28. The monoisotopic (exact) mass is 402 g/mol. The largest absolute Gasteiger partial charge is 0.486 e. The first-order chi connectivity index (χ1) is 14.7. The van der Waals surface area contributed by atoms with Gasteiger partial charge >= 0.3 is 0 Å². The van der Waals surface area contributed by atoms with Gasteiger partial charge in [-0.15, -0.1) is 0 Å². The molecule has 0 spiro atoms. The summed E-state index contributed by atoms with van der Waals surface area (Å²) in [4.78, 5) is 19.1. The van der Waals surface area contributed by atoms with E-state index < -0.39 is 0 Å². The molecule has 0 saturated carbocycles. The summed E-state index contributed by atoms with van der Waals surface area (Å²) >= 11 is 0. The van der Waals surface area contributed by atoms with Crippen LogP contribution < -0.4 is 4.74 Å². The van der Waals surface area contributed by atoms with Crippen molar-refractivity contribution in [3.63, 3.8) is 0 Å². The Kier molecular flexibility index (Phi) is 4.63. The lowest BCUT2D eigenvalue weighted by Crippen LogP contribution is -2.31. The van der Waals surface area contributed by atoms with E-state index in [1.54, 1.807) is 29.3 Å². The SMILES string of the molecule is O=C(c1cc(-c2ccc(F)cc2)n[nH]1)N1CCC(Oc2cccc3cccnc23)C1. The number of carbonyl (C=O) groups is 1. The number of pyridine rings is 1. The van der Waals surface area contributed by atoms with Crippen molar-refractivity contribution >= 4 is 16.8 Å². The molecule has 1 atom stereocenters. The van der Waals surface area contributed by atoms with Crippen molar-refractivity contribution in [3.8, 4) is 17.0 Å². The van der Waals surface area contributed by atoms with Crippen LogP contribution >= 0.6 is 0 Å². The summed E-state index contributed by atoms with van der Waals surface area (Å²) in [6.45, 7) is 1.10. The Hall–Kier alpha value is -3.74. The first-order valence-electron chi connectivity index (χ1n) is 9.78. The van der Waals surface area contributed by atoms with Gasteiger partial charge < -0.3 is 9.64 Å². The highest BCUT2D eigenvalue weighted by atomic mass is 19.1. The van der Waals surface area contributed by atoms with Crippen LogP contribution in [0.4, 0.5) is 4.39 Å². The maximum absolute atomic E-state index is 13.1. The summed E-state index contributed by atoms with van der Waals surface area (Å²) in [6.07, 6.45) is 2.39. The van der Waals surface area contributed by atoms with Crippen molar-refractivity contribution in [3.05, 3.63) is 78.4 Å². The van der Waals surface area contributed by atoms with Crippen molar-refractivity contribution < 1.29 is 13.9 Å². The molecule has 1 amide bonds. The van der Waals surface area contributed by atoms with Crippen LogP contribution in [0.3, 0.4) is 0 Å². The molecule has 1 saturated heterocycles. The molecule has 6 nitrogen and oxygen atoms in total. The van der Waals surface area contributed by atoms with Gasteiger partial charge in [-0.3, -0.25) is 14.9 Å². The molecule has 1 aliphatic heterocycles. The third-order valence-electron chi connectivity index (χ3n) is 5.27. The normalized spacial score (nSPS) is 16.2. The highest BCUT2D eigenvalue weighted by molar-refractivity contribution is 5.93. The molecule has 150 valence electrons. The molecule has 0 radical (unpaired) electrons. The average molecular weight is 402 g/mol. The number of hydrogen-bond donors (Lipinski definition) is 1. The fraction of sp³-hybridized carbons (Fsp3) is 0.174. The van der Waals surface area contributed by atoms with Crippen molar-refractivity contribution in [1.82, 2.24) is 20.1 Å². The summed E-state index contributed by atoms with van der Waals surface area (Å²) < 4.78 is 19.3. The van der Waals surface area contributed by atoms with Crippen molar-refractivity contribution in [2.75, 3.05) is 13.1 Å². The Labute approximate surface area is 172 Å². The van der Waals surface area contributed by atoms with E-state index in [-0.39, 0.29) is 17.8 Å². The van der Waals surface area contributed by atoms with Gasteiger partial charge in [0.25, 0.3) is 5.91 Å². The molecule has 1 aliphatic rings. The van der Waals surface area contributed by atoms with Gasteiger partial charge in [0.05, 0.1) is 12.2 Å². The lowest BCUT2D eigenvalue weighted by molar-refractivity contribution is 0.0767. The molecule has 4 aromatic rings. The van der Waals surface area contributed by atoms with Gasteiger partial charge in [-0.1, -0.05) is 18.2 Å². The zero-order valence-corrected chi connectivity index (χ0v) is 16.1. The van der Waals surface area contributed by atoms with Gasteiger partial charge in [-0.2, -0.15) is 5.10 Å². The third-order valence-corrected chi connectivity index (χ3v) is 5.27. The van der Waals surface area contributed by atoms with Crippen molar-refractivity contribution in [1.29, 1.82) is 0 Å². The first-order valence-corrected chi connectivity index (χ1v) is 9.78. The topological polar surface area (TPSA) is 71.1 Å². The highest BCUT2D eigenvalue weighted by Crippen LogP contribution is 2.27. The molecule has 2 aromatic heterocycles. The molecule has 1 N–H and O–H groups in total. The molecule has 2 aromatic carbocycles. The van der Waals surface area contributed by atoms with Crippen LogP contribution in [0.15, 0.2) is 66.9 Å². The number of benzene rings is 2. The van der Waals surface area contributed by atoms with Crippen LogP contribution in [-0.4, -0.2) is 45.2 Å². The van der Waals surface area contributed by atoms with Crippen LogP contribution in [0.5, 0.6) is 5.75 Å². The number of hydrogen-bond acceptors (Lipinski definition) is 4. The summed E-state index contributed by atoms with van der Waals surface area (Å²) in [5, 5.41) is 8.01. The number of ether oxygens (including phenoxy) is 1. The van der Waals surface area contributed by atoms with E-state index in [0.29, 0.717) is 24.5 Å². The van der Waals surface area contributed by atoms with Crippen LogP contribution in [-0.2, 0) is 0 Å². The number of carbonyl (C=O) groups excluding carboxylic acids is 1. The molecule has 5 rings (SSSR count). The van der Waals surface area contributed by atoms with Crippen molar-refractivity contribution in [2.45, 2.75) is 12.5 Å². The number of fused-ring (bicyclic) bond motifs is 1. The molecular formula is C23H19FN4O2. The van der Waals surface area contributed by atoms with E-state index in [2.05, 4.69) is 15.2 Å². The van der Waals surface area contributed by atoms with Gasteiger partial charge in [0.2, 0.25) is 0 Å².